The number of rotatable bonds is 15. The van der Waals surface area contributed by atoms with Crippen LogP contribution in [0, 0.1) is 0 Å². The molecule has 0 aliphatic heterocycles. The molecule has 0 rings (SSSR count). The van der Waals surface area contributed by atoms with E-state index in [0.717, 1.165) is 24.7 Å². The maximum Gasteiger partial charge on any atom is 0.0297 e. The van der Waals surface area contributed by atoms with Crippen LogP contribution in [-0.2, 0) is 0 Å². The highest BCUT2D eigenvalue weighted by Crippen LogP contribution is 2.18. The summed E-state index contributed by atoms with van der Waals surface area (Å²) >= 11 is 7.20. The molecule has 0 saturated heterocycles. The van der Waals surface area contributed by atoms with Gasteiger partial charge in [-0.15, -0.1) is 0 Å². The van der Waals surface area contributed by atoms with Crippen LogP contribution in [0.5, 0.6) is 0 Å². The summed E-state index contributed by atoms with van der Waals surface area (Å²) in [6, 6.07) is 0.271. The minimum absolute atomic E-state index is 0.271. The second-order valence-electron chi connectivity index (χ2n) is 5.77. The van der Waals surface area contributed by atoms with Gasteiger partial charge in [0.1, 0.15) is 0 Å². The maximum absolute atomic E-state index is 6.12. The van der Waals surface area contributed by atoms with Gasteiger partial charge in [-0.2, -0.15) is 0 Å². The lowest BCUT2D eigenvalue weighted by molar-refractivity contribution is 0.512. The van der Waals surface area contributed by atoms with Gasteiger partial charge in [-0.1, -0.05) is 83.2 Å². The van der Waals surface area contributed by atoms with Crippen molar-refractivity contribution in [3.05, 3.63) is 0 Å². The number of hydrogen-bond donors (Lipinski definition) is 2. The third-order valence-electron chi connectivity index (χ3n) is 3.82. The molecule has 2 nitrogen and oxygen atoms in total. The van der Waals surface area contributed by atoms with Crippen molar-refractivity contribution in [3.63, 3.8) is 0 Å². The third kappa shape index (κ3) is 13.8. The van der Waals surface area contributed by atoms with E-state index in [2.05, 4.69) is 31.9 Å². The minimum Gasteiger partial charge on any atom is -0.330 e. The molecule has 0 spiro atoms. The molecule has 4 heteroatoms. The van der Waals surface area contributed by atoms with Crippen molar-refractivity contribution in [2.45, 2.75) is 87.9 Å². The number of halogens is 2. The Hall–Kier alpha value is 0.880. The first-order valence-corrected chi connectivity index (χ1v) is 10.4. The van der Waals surface area contributed by atoms with E-state index in [1.165, 1.54) is 64.2 Å². The molecule has 2 unspecified atom stereocenters. The van der Waals surface area contributed by atoms with Crippen LogP contribution in [0.25, 0.3) is 0 Å². The fourth-order valence-electron chi connectivity index (χ4n) is 2.42. The zero-order chi connectivity index (χ0) is 15.1. The SMILES string of the molecule is NCCCC(N)C(Br)CCCCCCCCCCCBr. The lowest BCUT2D eigenvalue weighted by Gasteiger charge is -2.17. The summed E-state index contributed by atoms with van der Waals surface area (Å²) in [4.78, 5) is 0.471. The van der Waals surface area contributed by atoms with E-state index >= 15 is 0 Å². The van der Waals surface area contributed by atoms with Crippen LogP contribution >= 0.6 is 31.9 Å². The molecule has 20 heavy (non-hydrogen) atoms. The van der Waals surface area contributed by atoms with E-state index in [4.69, 9.17) is 11.5 Å². The van der Waals surface area contributed by atoms with Gasteiger partial charge in [-0.3, -0.25) is 0 Å². The molecule has 0 bridgehead atoms. The molecule has 0 fully saturated rings. The average molecular weight is 414 g/mol. The van der Waals surface area contributed by atoms with Gasteiger partial charge in [0.25, 0.3) is 0 Å². The predicted molar refractivity (Wildman–Crippen MR) is 98.9 cm³/mol. The highest BCUT2D eigenvalue weighted by Gasteiger charge is 2.13. The smallest absolute Gasteiger partial charge is 0.0297 e. The minimum atomic E-state index is 0.271. The Morgan fingerprint density at radius 1 is 0.700 bits per heavy atom. The molecule has 0 aliphatic rings. The molecule has 0 amide bonds. The fraction of sp³-hybridized carbons (Fsp3) is 1.00. The summed E-state index contributed by atoms with van der Waals surface area (Å²) in [5, 5.41) is 1.16. The van der Waals surface area contributed by atoms with Crippen molar-refractivity contribution in [2.75, 3.05) is 11.9 Å². The second kappa shape index (κ2) is 16.3. The quantitative estimate of drug-likeness (QED) is 0.289. The third-order valence-corrected chi connectivity index (χ3v) is 5.52. The van der Waals surface area contributed by atoms with E-state index < -0.39 is 0 Å². The average Bonchev–Trinajstić information content (AvgIpc) is 2.46. The van der Waals surface area contributed by atoms with Crippen molar-refractivity contribution in [2.24, 2.45) is 11.5 Å². The van der Waals surface area contributed by atoms with Crippen LogP contribution in [0.2, 0.25) is 0 Å². The van der Waals surface area contributed by atoms with Crippen LogP contribution < -0.4 is 11.5 Å². The zero-order valence-electron chi connectivity index (χ0n) is 13.0. The van der Waals surface area contributed by atoms with Gasteiger partial charge in [0.05, 0.1) is 0 Å². The molecule has 0 aromatic heterocycles. The number of alkyl halides is 2. The Balaban J connectivity index is 3.22. The number of nitrogens with two attached hydrogens (primary N) is 2. The molecule has 0 aliphatic carbocycles. The summed E-state index contributed by atoms with van der Waals surface area (Å²) in [6.07, 6.45) is 15.7. The summed E-state index contributed by atoms with van der Waals surface area (Å²) in [7, 11) is 0. The van der Waals surface area contributed by atoms with Gasteiger partial charge in [0.15, 0.2) is 0 Å². The molecular formula is C16H34Br2N2. The maximum atomic E-state index is 6.12. The summed E-state index contributed by atoms with van der Waals surface area (Å²) in [5.41, 5.74) is 11.6. The fourth-order valence-corrected chi connectivity index (χ4v) is 3.40. The normalized spacial score (nSPS) is 14.4. The van der Waals surface area contributed by atoms with Crippen LogP contribution in [0.15, 0.2) is 0 Å². The van der Waals surface area contributed by atoms with Crippen molar-refractivity contribution in [1.82, 2.24) is 0 Å². The molecule has 0 aromatic rings. The molecule has 2 atom stereocenters. The Morgan fingerprint density at radius 3 is 1.70 bits per heavy atom. The summed E-state index contributed by atoms with van der Waals surface area (Å²) < 4.78 is 0. The van der Waals surface area contributed by atoms with Crippen LogP contribution in [-0.4, -0.2) is 22.7 Å². The molecule has 0 heterocycles. The van der Waals surface area contributed by atoms with Crippen LogP contribution in [0.3, 0.4) is 0 Å². The van der Waals surface area contributed by atoms with Gasteiger partial charge in [-0.05, 0) is 32.2 Å². The monoisotopic (exact) mass is 412 g/mol. The van der Waals surface area contributed by atoms with E-state index in [0.29, 0.717) is 4.83 Å². The number of unbranched alkanes of at least 4 members (excludes halogenated alkanes) is 8. The highest BCUT2D eigenvalue weighted by atomic mass is 79.9. The first-order chi connectivity index (χ1) is 9.72. The van der Waals surface area contributed by atoms with Crippen molar-refractivity contribution >= 4 is 31.9 Å². The lowest BCUT2D eigenvalue weighted by atomic mass is 10.0. The Kier molecular flexibility index (Phi) is 17.0. The Labute approximate surface area is 143 Å². The largest absolute Gasteiger partial charge is 0.330 e. The molecule has 4 N–H and O–H groups in total. The molecule has 122 valence electrons. The van der Waals surface area contributed by atoms with E-state index in [9.17, 15) is 0 Å². The Bertz CT molecular complexity index is 191. The standard InChI is InChI=1S/C16H34Br2N2/c17-13-9-7-5-3-1-2-4-6-8-11-15(18)16(20)12-10-14-19/h15-16H,1-14,19-20H2. The second-order valence-corrected chi connectivity index (χ2v) is 7.74. The van der Waals surface area contributed by atoms with Gasteiger partial charge < -0.3 is 11.5 Å². The van der Waals surface area contributed by atoms with Gasteiger partial charge in [0, 0.05) is 16.2 Å². The van der Waals surface area contributed by atoms with Crippen molar-refractivity contribution in [3.8, 4) is 0 Å². The lowest BCUT2D eigenvalue weighted by Crippen LogP contribution is -2.31. The Morgan fingerprint density at radius 2 is 1.20 bits per heavy atom. The van der Waals surface area contributed by atoms with Crippen LogP contribution in [0.4, 0.5) is 0 Å². The predicted octanol–water partition coefficient (Wildman–Crippen LogP) is 5.11. The topological polar surface area (TPSA) is 52.0 Å². The van der Waals surface area contributed by atoms with Crippen molar-refractivity contribution in [1.29, 1.82) is 0 Å². The van der Waals surface area contributed by atoms with Crippen LogP contribution in [0.1, 0.15) is 77.0 Å². The summed E-state index contributed by atoms with van der Waals surface area (Å²) in [5.74, 6) is 0. The van der Waals surface area contributed by atoms with Gasteiger partial charge in [-0.25, -0.2) is 0 Å². The van der Waals surface area contributed by atoms with Crippen molar-refractivity contribution < 1.29 is 0 Å². The van der Waals surface area contributed by atoms with E-state index in [1.54, 1.807) is 0 Å². The van der Waals surface area contributed by atoms with E-state index in [1.807, 2.05) is 0 Å². The van der Waals surface area contributed by atoms with Gasteiger partial charge >= 0.3 is 0 Å². The molecular weight excluding hydrogens is 380 g/mol. The van der Waals surface area contributed by atoms with E-state index in [-0.39, 0.29) is 6.04 Å². The highest BCUT2D eigenvalue weighted by molar-refractivity contribution is 9.09. The molecule has 0 aromatic carbocycles. The zero-order valence-corrected chi connectivity index (χ0v) is 16.1. The number of hydrogen-bond acceptors (Lipinski definition) is 2. The van der Waals surface area contributed by atoms with Gasteiger partial charge in [0.2, 0.25) is 0 Å². The first-order valence-electron chi connectivity index (χ1n) is 8.38. The molecule has 0 saturated carbocycles. The first kappa shape index (κ1) is 20.9. The molecule has 0 radical (unpaired) electrons. The summed E-state index contributed by atoms with van der Waals surface area (Å²) in [6.45, 7) is 0.753.